The van der Waals surface area contributed by atoms with Gasteiger partial charge in [0.1, 0.15) is 11.5 Å². The highest BCUT2D eigenvalue weighted by atomic mass is 19.4. The van der Waals surface area contributed by atoms with Crippen LogP contribution in [0.5, 0.6) is 11.5 Å². The van der Waals surface area contributed by atoms with Crippen molar-refractivity contribution in [2.24, 2.45) is 0 Å². The van der Waals surface area contributed by atoms with Gasteiger partial charge in [0.05, 0.1) is 19.8 Å². The topological polar surface area (TPSA) is 47.6 Å². The first kappa shape index (κ1) is 19.4. The van der Waals surface area contributed by atoms with Crippen molar-refractivity contribution in [1.29, 1.82) is 0 Å². The summed E-state index contributed by atoms with van der Waals surface area (Å²) < 4.78 is 47.8. The molecule has 0 fully saturated rings. The number of methoxy groups -OCH3 is 2. The molecule has 0 aromatic heterocycles. The number of rotatable bonds is 6. The molecular weight excluding hydrogens is 347 g/mol. The lowest BCUT2D eigenvalue weighted by Crippen LogP contribution is -2.20. The maximum Gasteiger partial charge on any atom is 0.416 e. The van der Waals surface area contributed by atoms with E-state index in [9.17, 15) is 18.0 Å². The number of ether oxygens (including phenoxy) is 2. The van der Waals surface area contributed by atoms with Crippen LogP contribution >= 0.6 is 0 Å². The SMILES string of the molecule is COc1cc(/C=C/C(=O)NCc2ccc(C(F)(F)F)cc2)cc(OC)c1. The lowest BCUT2D eigenvalue weighted by Gasteiger charge is -2.08. The maximum atomic E-state index is 12.5. The fourth-order valence-corrected chi connectivity index (χ4v) is 2.16. The van der Waals surface area contributed by atoms with Crippen molar-refractivity contribution < 1.29 is 27.4 Å². The summed E-state index contributed by atoms with van der Waals surface area (Å²) in [6, 6.07) is 9.82. The van der Waals surface area contributed by atoms with Crippen molar-refractivity contribution in [3.05, 3.63) is 65.2 Å². The van der Waals surface area contributed by atoms with Crippen molar-refractivity contribution in [3.63, 3.8) is 0 Å². The second kappa shape index (κ2) is 8.42. The summed E-state index contributed by atoms with van der Waals surface area (Å²) in [6.07, 6.45) is -1.45. The zero-order valence-electron chi connectivity index (χ0n) is 14.3. The lowest BCUT2D eigenvalue weighted by atomic mass is 10.1. The van der Waals surface area contributed by atoms with Gasteiger partial charge in [-0.05, 0) is 41.5 Å². The molecule has 1 amide bonds. The smallest absolute Gasteiger partial charge is 0.416 e. The van der Waals surface area contributed by atoms with Crippen molar-refractivity contribution in [3.8, 4) is 11.5 Å². The van der Waals surface area contributed by atoms with Gasteiger partial charge in [0.25, 0.3) is 0 Å². The minimum absolute atomic E-state index is 0.128. The van der Waals surface area contributed by atoms with Crippen molar-refractivity contribution in [2.45, 2.75) is 12.7 Å². The summed E-state index contributed by atoms with van der Waals surface area (Å²) in [4.78, 5) is 11.9. The van der Waals surface area contributed by atoms with Crippen LogP contribution in [0.15, 0.2) is 48.5 Å². The predicted octanol–water partition coefficient (Wildman–Crippen LogP) is 4.05. The van der Waals surface area contributed by atoms with Crippen LogP contribution in [0.3, 0.4) is 0 Å². The van der Waals surface area contributed by atoms with Gasteiger partial charge < -0.3 is 14.8 Å². The monoisotopic (exact) mass is 365 g/mol. The number of hydrogen-bond acceptors (Lipinski definition) is 3. The predicted molar refractivity (Wildman–Crippen MR) is 91.9 cm³/mol. The fraction of sp³-hybridized carbons (Fsp3) is 0.211. The fourth-order valence-electron chi connectivity index (χ4n) is 2.16. The van der Waals surface area contributed by atoms with Gasteiger partial charge in [-0.1, -0.05) is 12.1 Å². The Morgan fingerprint density at radius 3 is 2.12 bits per heavy atom. The first-order valence-electron chi connectivity index (χ1n) is 7.67. The van der Waals surface area contributed by atoms with Gasteiger partial charge in [-0.2, -0.15) is 13.2 Å². The number of carbonyl (C=O) groups excluding carboxylic acids is 1. The van der Waals surface area contributed by atoms with Gasteiger partial charge in [-0.15, -0.1) is 0 Å². The van der Waals surface area contributed by atoms with Crippen LogP contribution in [0.25, 0.3) is 6.08 Å². The lowest BCUT2D eigenvalue weighted by molar-refractivity contribution is -0.137. The highest BCUT2D eigenvalue weighted by molar-refractivity contribution is 5.91. The van der Waals surface area contributed by atoms with E-state index in [0.29, 0.717) is 22.6 Å². The zero-order valence-corrected chi connectivity index (χ0v) is 14.3. The number of alkyl halides is 3. The van der Waals surface area contributed by atoms with E-state index in [1.807, 2.05) is 0 Å². The van der Waals surface area contributed by atoms with E-state index < -0.39 is 11.7 Å². The average Bonchev–Trinajstić information content (AvgIpc) is 2.63. The molecule has 2 aromatic rings. The van der Waals surface area contributed by atoms with E-state index in [1.54, 1.807) is 24.3 Å². The van der Waals surface area contributed by atoms with Crippen LogP contribution < -0.4 is 14.8 Å². The summed E-state index contributed by atoms with van der Waals surface area (Å²) in [6.45, 7) is 0.128. The molecule has 0 atom stereocenters. The molecule has 2 aromatic carbocycles. The second-order valence-corrected chi connectivity index (χ2v) is 5.39. The molecule has 0 radical (unpaired) electrons. The molecule has 0 unspecified atom stereocenters. The van der Waals surface area contributed by atoms with Crippen molar-refractivity contribution >= 4 is 12.0 Å². The highest BCUT2D eigenvalue weighted by Gasteiger charge is 2.29. The van der Waals surface area contributed by atoms with Crippen molar-refractivity contribution in [2.75, 3.05) is 14.2 Å². The summed E-state index contributed by atoms with van der Waals surface area (Å²) in [5.74, 6) is 0.815. The van der Waals surface area contributed by atoms with E-state index >= 15 is 0 Å². The average molecular weight is 365 g/mol. The Morgan fingerprint density at radius 2 is 1.62 bits per heavy atom. The molecule has 1 N–H and O–H groups in total. The molecule has 0 aliphatic rings. The molecule has 0 heterocycles. The normalized spacial score (nSPS) is 11.4. The molecule has 4 nitrogen and oxygen atoms in total. The number of nitrogens with one attached hydrogen (secondary N) is 1. The third-order valence-electron chi connectivity index (χ3n) is 3.55. The molecule has 0 aliphatic heterocycles. The Hall–Kier alpha value is -2.96. The van der Waals surface area contributed by atoms with Crippen LogP contribution in [0.2, 0.25) is 0 Å². The second-order valence-electron chi connectivity index (χ2n) is 5.39. The summed E-state index contributed by atoms with van der Waals surface area (Å²) in [5.41, 5.74) is 0.563. The van der Waals surface area contributed by atoms with Gasteiger partial charge in [0.15, 0.2) is 0 Å². The number of carbonyl (C=O) groups is 1. The molecule has 2 rings (SSSR count). The van der Waals surface area contributed by atoms with Gasteiger partial charge in [0, 0.05) is 18.7 Å². The standard InChI is InChI=1S/C19H18F3NO3/c1-25-16-9-14(10-17(11-16)26-2)5-8-18(24)23-12-13-3-6-15(7-4-13)19(20,21)22/h3-11H,12H2,1-2H3,(H,23,24)/b8-5+. The Labute approximate surface area is 149 Å². The van der Waals surface area contributed by atoms with Crippen LogP contribution in [0.4, 0.5) is 13.2 Å². The molecule has 26 heavy (non-hydrogen) atoms. The van der Waals surface area contributed by atoms with Crippen LogP contribution in [-0.4, -0.2) is 20.1 Å². The largest absolute Gasteiger partial charge is 0.497 e. The van der Waals surface area contributed by atoms with Gasteiger partial charge in [-0.3, -0.25) is 4.79 Å². The van der Waals surface area contributed by atoms with Crippen LogP contribution in [0.1, 0.15) is 16.7 Å². The molecule has 7 heteroatoms. The number of hydrogen-bond donors (Lipinski definition) is 1. The molecule has 0 spiro atoms. The summed E-state index contributed by atoms with van der Waals surface area (Å²) in [7, 11) is 3.05. The van der Waals surface area contributed by atoms with E-state index in [-0.39, 0.29) is 12.5 Å². The molecule has 0 bridgehead atoms. The Morgan fingerprint density at radius 1 is 1.04 bits per heavy atom. The maximum absolute atomic E-state index is 12.5. The third-order valence-corrected chi connectivity index (χ3v) is 3.55. The zero-order chi connectivity index (χ0) is 19.2. The first-order chi connectivity index (χ1) is 12.3. The molecule has 0 saturated heterocycles. The molecule has 0 aliphatic carbocycles. The Balaban J connectivity index is 1.95. The minimum atomic E-state index is -4.37. The van der Waals surface area contributed by atoms with E-state index in [1.165, 1.54) is 32.4 Å². The quantitative estimate of drug-likeness (QED) is 0.786. The number of amides is 1. The van der Waals surface area contributed by atoms with Crippen LogP contribution in [-0.2, 0) is 17.5 Å². The van der Waals surface area contributed by atoms with E-state index in [2.05, 4.69) is 5.32 Å². The van der Waals surface area contributed by atoms with Crippen LogP contribution in [0, 0.1) is 0 Å². The van der Waals surface area contributed by atoms with Gasteiger partial charge in [0.2, 0.25) is 5.91 Å². The Bertz CT molecular complexity index is 761. The summed E-state index contributed by atoms with van der Waals surface area (Å²) in [5, 5.41) is 2.62. The van der Waals surface area contributed by atoms with E-state index in [0.717, 1.165) is 12.1 Å². The minimum Gasteiger partial charge on any atom is -0.497 e. The summed E-state index contributed by atoms with van der Waals surface area (Å²) >= 11 is 0. The Kier molecular flexibility index (Phi) is 6.27. The third kappa shape index (κ3) is 5.54. The number of halogens is 3. The molecule has 0 saturated carbocycles. The highest BCUT2D eigenvalue weighted by Crippen LogP contribution is 2.29. The van der Waals surface area contributed by atoms with E-state index in [4.69, 9.17) is 9.47 Å². The molecular formula is C19H18F3NO3. The van der Waals surface area contributed by atoms with Crippen molar-refractivity contribution in [1.82, 2.24) is 5.32 Å². The first-order valence-corrected chi connectivity index (χ1v) is 7.67. The van der Waals surface area contributed by atoms with Gasteiger partial charge in [-0.25, -0.2) is 0 Å². The number of benzene rings is 2. The van der Waals surface area contributed by atoms with Gasteiger partial charge >= 0.3 is 6.18 Å². The molecule has 138 valence electrons.